The largest absolute Gasteiger partial charge is 0.472 e. The number of rotatable bonds is 41. The monoisotopic (exact) mass is 881 g/mol. The Morgan fingerprint density at radius 2 is 0.855 bits per heavy atom. The zero-order valence-corrected chi connectivity index (χ0v) is 38.9. The van der Waals surface area contributed by atoms with Crippen LogP contribution in [0.25, 0.3) is 0 Å². The molecule has 0 aliphatic rings. The molecule has 0 aliphatic carbocycles. The average Bonchev–Trinajstić information content (AvgIpc) is 3.26. The van der Waals surface area contributed by atoms with Crippen LogP contribution in [-0.4, -0.2) is 66.3 Å². The molecular weight excluding hydrogens is 800 g/mol. The van der Waals surface area contributed by atoms with E-state index in [1.54, 1.807) is 0 Å². The maximum absolute atomic E-state index is 12.6. The second-order valence-corrected chi connectivity index (χ2v) is 15.8. The van der Waals surface area contributed by atoms with Gasteiger partial charge in [0.15, 0.2) is 0 Å². The van der Waals surface area contributed by atoms with Gasteiger partial charge in [-0.3, -0.25) is 13.8 Å². The molecular formula is C52H81O9P. The van der Waals surface area contributed by atoms with E-state index in [-0.39, 0.29) is 13.0 Å². The highest BCUT2D eigenvalue weighted by molar-refractivity contribution is 7.47. The number of phosphoric acid groups is 1. The number of esters is 1. The number of aliphatic hydroxyl groups is 2. The van der Waals surface area contributed by atoms with Crippen LogP contribution >= 0.6 is 7.82 Å². The SMILES string of the molecule is CC/C=C\C/C=C\C/C=C\C/C=C\C/C=C\C/C=C\C/C=C\CCCC(=O)OC(COCCCC/C=C\C/C=C\C/C=C\C/C=C\C/C=C\CC)COP(=O)(O)OCC(O)CO. The number of ether oxygens (including phenoxy) is 2. The van der Waals surface area contributed by atoms with Crippen LogP contribution in [0.1, 0.15) is 129 Å². The maximum atomic E-state index is 12.6. The normalized spacial score (nSPS) is 15.2. The van der Waals surface area contributed by atoms with E-state index in [2.05, 4.69) is 154 Å². The van der Waals surface area contributed by atoms with Gasteiger partial charge in [0, 0.05) is 13.0 Å². The summed E-state index contributed by atoms with van der Waals surface area (Å²) in [6, 6.07) is 0. The van der Waals surface area contributed by atoms with Crippen molar-refractivity contribution >= 4 is 13.8 Å². The molecule has 3 atom stereocenters. The first-order chi connectivity index (χ1) is 30.3. The Hall–Kier alpha value is -3.66. The molecule has 0 heterocycles. The average molecular weight is 881 g/mol. The quantitative estimate of drug-likeness (QED) is 0.0238. The third kappa shape index (κ3) is 45.9. The lowest BCUT2D eigenvalue weighted by Gasteiger charge is -2.20. The number of allylic oxidation sites excluding steroid dienone is 24. The number of phosphoric ester groups is 1. The van der Waals surface area contributed by atoms with Gasteiger partial charge in [0.25, 0.3) is 0 Å². The van der Waals surface area contributed by atoms with Crippen molar-refractivity contribution in [2.24, 2.45) is 0 Å². The molecule has 0 spiro atoms. The second-order valence-electron chi connectivity index (χ2n) is 14.3. The highest BCUT2D eigenvalue weighted by Crippen LogP contribution is 2.43. The fourth-order valence-corrected chi connectivity index (χ4v) is 5.92. The van der Waals surface area contributed by atoms with Gasteiger partial charge in [-0.1, -0.05) is 160 Å². The summed E-state index contributed by atoms with van der Waals surface area (Å²) in [7, 11) is -4.56. The van der Waals surface area contributed by atoms with Gasteiger partial charge in [-0.2, -0.15) is 0 Å². The summed E-state index contributed by atoms with van der Waals surface area (Å²) in [5, 5.41) is 18.4. The first-order valence-electron chi connectivity index (χ1n) is 22.8. The summed E-state index contributed by atoms with van der Waals surface area (Å²) in [5.74, 6) is -0.463. The van der Waals surface area contributed by atoms with Crippen LogP contribution in [0.15, 0.2) is 146 Å². The van der Waals surface area contributed by atoms with E-state index in [4.69, 9.17) is 23.6 Å². The standard InChI is InChI=1S/C52H81O9P/c1-3-5-7-9-11-13-15-17-19-21-23-24-25-26-27-28-30-32-34-36-38-40-42-44-52(55)61-51(49-60-62(56,57)59-47-50(54)46-53)48-58-45-43-41-39-37-35-33-31-29-22-20-18-16-14-12-10-8-6-4-2/h5-8,11-14,17-20,23-24,26-27,29-32,35-38,50-51,53-54H,3-4,9-10,15-16,21-22,25,28,33-34,39-49H2,1-2H3,(H,56,57)/b7-5-,8-6-,13-11-,14-12-,19-17-,20-18-,24-23-,27-26-,31-29-,32-30-,37-35-,38-36-. The lowest BCUT2D eigenvalue weighted by atomic mass is 10.2. The first kappa shape index (κ1) is 58.3. The summed E-state index contributed by atoms with van der Waals surface area (Å²) in [6.45, 7) is 3.05. The maximum Gasteiger partial charge on any atom is 0.472 e. The molecule has 348 valence electrons. The van der Waals surface area contributed by atoms with Crippen molar-refractivity contribution in [3.63, 3.8) is 0 Å². The van der Waals surface area contributed by atoms with Crippen LogP contribution in [0, 0.1) is 0 Å². The minimum Gasteiger partial charge on any atom is -0.457 e. The van der Waals surface area contributed by atoms with Crippen LogP contribution in [-0.2, 0) is 27.9 Å². The fraction of sp³-hybridized carbons (Fsp3) is 0.519. The van der Waals surface area contributed by atoms with Crippen molar-refractivity contribution in [3.8, 4) is 0 Å². The molecule has 62 heavy (non-hydrogen) atoms. The second kappa shape index (κ2) is 46.8. The lowest BCUT2D eigenvalue weighted by Crippen LogP contribution is -2.29. The minimum atomic E-state index is -4.56. The van der Waals surface area contributed by atoms with E-state index in [1.807, 2.05) is 6.08 Å². The van der Waals surface area contributed by atoms with Crippen LogP contribution in [0.3, 0.4) is 0 Å². The van der Waals surface area contributed by atoms with Crippen LogP contribution < -0.4 is 0 Å². The molecule has 3 unspecified atom stereocenters. The van der Waals surface area contributed by atoms with E-state index >= 15 is 0 Å². The minimum absolute atomic E-state index is 0.0153. The van der Waals surface area contributed by atoms with Crippen molar-refractivity contribution in [2.45, 2.75) is 142 Å². The molecule has 3 N–H and O–H groups in total. The number of hydrogen-bond acceptors (Lipinski definition) is 8. The topological polar surface area (TPSA) is 132 Å². The van der Waals surface area contributed by atoms with Crippen molar-refractivity contribution in [1.82, 2.24) is 0 Å². The van der Waals surface area contributed by atoms with Gasteiger partial charge in [-0.25, -0.2) is 4.57 Å². The number of hydrogen-bond donors (Lipinski definition) is 3. The van der Waals surface area contributed by atoms with Gasteiger partial charge in [-0.05, 0) is 109 Å². The molecule has 0 saturated heterocycles. The first-order valence-corrected chi connectivity index (χ1v) is 24.3. The molecule has 0 fully saturated rings. The van der Waals surface area contributed by atoms with Gasteiger partial charge in [-0.15, -0.1) is 0 Å². The summed E-state index contributed by atoms with van der Waals surface area (Å²) in [6.07, 6.45) is 65.4. The van der Waals surface area contributed by atoms with Crippen LogP contribution in [0.5, 0.6) is 0 Å². The molecule has 0 amide bonds. The van der Waals surface area contributed by atoms with Crippen molar-refractivity contribution in [1.29, 1.82) is 0 Å². The Labute approximate surface area is 376 Å². The van der Waals surface area contributed by atoms with Gasteiger partial charge >= 0.3 is 13.8 Å². The molecule has 0 bridgehead atoms. The summed E-state index contributed by atoms with van der Waals surface area (Å²) in [4.78, 5) is 22.6. The van der Waals surface area contributed by atoms with Crippen molar-refractivity contribution < 1.29 is 43.0 Å². The molecule has 0 aliphatic heterocycles. The van der Waals surface area contributed by atoms with Gasteiger partial charge in [0.2, 0.25) is 0 Å². The van der Waals surface area contributed by atoms with E-state index in [1.165, 1.54) is 0 Å². The summed E-state index contributed by atoms with van der Waals surface area (Å²) in [5.41, 5.74) is 0. The van der Waals surface area contributed by atoms with Gasteiger partial charge in [0.1, 0.15) is 12.2 Å². The molecule has 0 aromatic heterocycles. The number of carbonyl (C=O) groups is 1. The smallest absolute Gasteiger partial charge is 0.457 e. The van der Waals surface area contributed by atoms with E-state index < -0.39 is 45.8 Å². The highest BCUT2D eigenvalue weighted by Gasteiger charge is 2.26. The Kier molecular flexibility index (Phi) is 44.1. The number of unbranched alkanes of at least 4 members (excludes halogenated alkanes) is 3. The summed E-state index contributed by atoms with van der Waals surface area (Å²) < 4.78 is 33.3. The van der Waals surface area contributed by atoms with E-state index in [0.29, 0.717) is 19.4 Å². The Morgan fingerprint density at radius 1 is 0.500 bits per heavy atom. The van der Waals surface area contributed by atoms with E-state index in [0.717, 1.165) is 96.3 Å². The molecule has 0 rings (SSSR count). The number of aliphatic hydroxyl groups excluding tert-OH is 2. The highest BCUT2D eigenvalue weighted by atomic mass is 31.2. The number of carbonyl (C=O) groups excluding carboxylic acids is 1. The zero-order chi connectivity index (χ0) is 45.3. The molecule has 0 aromatic rings. The predicted molar refractivity (Wildman–Crippen MR) is 260 cm³/mol. The van der Waals surface area contributed by atoms with E-state index in [9.17, 15) is 19.4 Å². The van der Waals surface area contributed by atoms with Crippen LogP contribution in [0.2, 0.25) is 0 Å². The Balaban J connectivity index is 4.39. The predicted octanol–water partition coefficient (Wildman–Crippen LogP) is 13.1. The van der Waals surface area contributed by atoms with Gasteiger partial charge < -0.3 is 24.6 Å². The Morgan fingerprint density at radius 3 is 1.24 bits per heavy atom. The summed E-state index contributed by atoms with van der Waals surface area (Å²) >= 11 is 0. The fourth-order valence-electron chi connectivity index (χ4n) is 5.13. The van der Waals surface area contributed by atoms with Gasteiger partial charge in [0.05, 0.1) is 26.4 Å². The zero-order valence-electron chi connectivity index (χ0n) is 38.0. The molecule has 0 saturated carbocycles. The third-order valence-corrected chi connectivity index (χ3v) is 9.47. The Bertz CT molecular complexity index is 1460. The van der Waals surface area contributed by atoms with Crippen molar-refractivity contribution in [3.05, 3.63) is 146 Å². The molecule has 10 heteroatoms. The third-order valence-electron chi connectivity index (χ3n) is 8.52. The molecule has 0 radical (unpaired) electrons. The molecule has 9 nitrogen and oxygen atoms in total. The lowest BCUT2D eigenvalue weighted by molar-refractivity contribution is -0.154. The molecule has 0 aromatic carbocycles. The van der Waals surface area contributed by atoms with Crippen LogP contribution in [0.4, 0.5) is 0 Å². The van der Waals surface area contributed by atoms with Crippen molar-refractivity contribution in [2.75, 3.05) is 33.0 Å².